The molecule has 2 atom stereocenters. The summed E-state index contributed by atoms with van der Waals surface area (Å²) in [5.41, 5.74) is 0. The van der Waals surface area contributed by atoms with E-state index in [1.54, 1.807) is 0 Å². The van der Waals surface area contributed by atoms with Crippen molar-refractivity contribution in [3.8, 4) is 0 Å². The van der Waals surface area contributed by atoms with Crippen LogP contribution in [0.15, 0.2) is 0 Å². The molecule has 0 aromatic carbocycles. The van der Waals surface area contributed by atoms with Crippen molar-refractivity contribution in [3.05, 3.63) is 0 Å². The normalized spacial score (nSPS) is 28.6. The van der Waals surface area contributed by atoms with Gasteiger partial charge in [-0.05, 0) is 19.3 Å². The number of carbonyl (C=O) groups excluding carboxylic acids is 1. The Bertz CT molecular complexity index is 256. The van der Waals surface area contributed by atoms with Crippen LogP contribution in [0.5, 0.6) is 0 Å². The minimum atomic E-state index is 0.110. The zero-order chi connectivity index (χ0) is 12.1. The summed E-state index contributed by atoms with van der Waals surface area (Å²) in [7, 11) is 0. The van der Waals surface area contributed by atoms with Crippen molar-refractivity contribution in [2.75, 3.05) is 19.7 Å². The molecule has 1 aliphatic carbocycles. The first-order valence-corrected chi connectivity index (χ1v) is 6.99. The van der Waals surface area contributed by atoms with Crippen molar-refractivity contribution >= 4 is 6.03 Å². The Kier molecular flexibility index (Phi) is 4.66. The van der Waals surface area contributed by atoms with Crippen LogP contribution < -0.4 is 5.32 Å². The van der Waals surface area contributed by atoms with Crippen molar-refractivity contribution in [2.45, 2.75) is 57.6 Å². The zero-order valence-corrected chi connectivity index (χ0v) is 10.8. The van der Waals surface area contributed by atoms with Crippen LogP contribution in [0, 0.1) is 0 Å². The highest BCUT2D eigenvalue weighted by Gasteiger charge is 2.36. The van der Waals surface area contributed by atoms with Crippen LogP contribution in [-0.2, 0) is 4.74 Å². The van der Waals surface area contributed by atoms with E-state index in [4.69, 9.17) is 4.74 Å². The molecular weight excluding hydrogens is 216 g/mol. The molecule has 0 aromatic heterocycles. The Hall–Kier alpha value is -0.770. The lowest BCUT2D eigenvalue weighted by molar-refractivity contribution is -0.0711. The SMILES string of the molecule is CCCCNC(=O)N1CCOC2CCCCC21. The van der Waals surface area contributed by atoms with Gasteiger partial charge >= 0.3 is 6.03 Å². The van der Waals surface area contributed by atoms with Crippen LogP contribution in [0.1, 0.15) is 45.4 Å². The summed E-state index contributed by atoms with van der Waals surface area (Å²) in [6.07, 6.45) is 7.15. The molecule has 2 unspecified atom stereocenters. The van der Waals surface area contributed by atoms with Crippen LogP contribution in [0.2, 0.25) is 0 Å². The predicted molar refractivity (Wildman–Crippen MR) is 67.0 cm³/mol. The monoisotopic (exact) mass is 240 g/mol. The lowest BCUT2D eigenvalue weighted by Crippen LogP contribution is -2.57. The summed E-state index contributed by atoms with van der Waals surface area (Å²) < 4.78 is 5.77. The maximum absolute atomic E-state index is 12.1. The third-order valence-corrected chi connectivity index (χ3v) is 3.80. The van der Waals surface area contributed by atoms with E-state index < -0.39 is 0 Å². The van der Waals surface area contributed by atoms with E-state index in [-0.39, 0.29) is 12.1 Å². The quantitative estimate of drug-likeness (QED) is 0.768. The topological polar surface area (TPSA) is 41.6 Å². The van der Waals surface area contributed by atoms with Gasteiger partial charge in [0.2, 0.25) is 0 Å². The summed E-state index contributed by atoms with van der Waals surface area (Å²) >= 11 is 0. The summed E-state index contributed by atoms with van der Waals surface area (Å²) in [5, 5.41) is 3.02. The molecule has 2 aliphatic rings. The summed E-state index contributed by atoms with van der Waals surface area (Å²) in [6.45, 7) is 4.38. The smallest absolute Gasteiger partial charge is 0.317 e. The minimum absolute atomic E-state index is 0.110. The highest BCUT2D eigenvalue weighted by molar-refractivity contribution is 5.74. The highest BCUT2D eigenvalue weighted by Crippen LogP contribution is 2.28. The van der Waals surface area contributed by atoms with Crippen LogP contribution in [0.3, 0.4) is 0 Å². The lowest BCUT2D eigenvalue weighted by Gasteiger charge is -2.43. The molecule has 0 bridgehead atoms. The van der Waals surface area contributed by atoms with Gasteiger partial charge in [-0.2, -0.15) is 0 Å². The first-order valence-electron chi connectivity index (χ1n) is 6.99. The second-order valence-electron chi connectivity index (χ2n) is 5.04. The number of hydrogen-bond acceptors (Lipinski definition) is 2. The van der Waals surface area contributed by atoms with E-state index >= 15 is 0 Å². The molecule has 1 N–H and O–H groups in total. The standard InChI is InChI=1S/C13H24N2O2/c1-2-3-8-14-13(16)15-9-10-17-12-7-5-4-6-11(12)15/h11-12H,2-10H2,1H3,(H,14,16). The van der Waals surface area contributed by atoms with Gasteiger partial charge in [-0.15, -0.1) is 0 Å². The van der Waals surface area contributed by atoms with Crippen molar-refractivity contribution < 1.29 is 9.53 Å². The number of unbranched alkanes of at least 4 members (excludes halogenated alkanes) is 1. The molecule has 2 amide bonds. The van der Waals surface area contributed by atoms with Crippen molar-refractivity contribution in [1.82, 2.24) is 10.2 Å². The number of carbonyl (C=O) groups is 1. The highest BCUT2D eigenvalue weighted by atomic mass is 16.5. The molecule has 4 nitrogen and oxygen atoms in total. The maximum Gasteiger partial charge on any atom is 0.317 e. The largest absolute Gasteiger partial charge is 0.374 e. The van der Waals surface area contributed by atoms with Gasteiger partial charge in [0.25, 0.3) is 0 Å². The second-order valence-corrected chi connectivity index (χ2v) is 5.04. The molecule has 1 heterocycles. The molecule has 17 heavy (non-hydrogen) atoms. The van der Waals surface area contributed by atoms with Gasteiger partial charge in [-0.3, -0.25) is 0 Å². The van der Waals surface area contributed by atoms with Gasteiger partial charge in [0.15, 0.2) is 0 Å². The number of amides is 2. The van der Waals surface area contributed by atoms with Crippen LogP contribution in [-0.4, -0.2) is 42.8 Å². The van der Waals surface area contributed by atoms with Gasteiger partial charge in [0, 0.05) is 13.1 Å². The molecule has 1 saturated carbocycles. The van der Waals surface area contributed by atoms with E-state index in [1.165, 1.54) is 12.8 Å². The third kappa shape index (κ3) is 3.12. The van der Waals surface area contributed by atoms with Crippen molar-refractivity contribution in [2.24, 2.45) is 0 Å². The number of hydrogen-bond donors (Lipinski definition) is 1. The molecule has 2 rings (SSSR count). The summed E-state index contributed by atoms with van der Waals surface area (Å²) in [4.78, 5) is 14.1. The van der Waals surface area contributed by atoms with Gasteiger partial charge in [-0.1, -0.05) is 26.2 Å². The number of rotatable bonds is 3. The van der Waals surface area contributed by atoms with Crippen LogP contribution in [0.4, 0.5) is 4.79 Å². The van der Waals surface area contributed by atoms with E-state index in [0.717, 1.165) is 38.8 Å². The number of ether oxygens (including phenoxy) is 1. The predicted octanol–water partition coefficient (Wildman–Crippen LogP) is 2.14. The summed E-state index contributed by atoms with van der Waals surface area (Å²) in [5.74, 6) is 0. The first kappa shape index (κ1) is 12.7. The van der Waals surface area contributed by atoms with Crippen molar-refractivity contribution in [3.63, 3.8) is 0 Å². The van der Waals surface area contributed by atoms with E-state index in [2.05, 4.69) is 12.2 Å². The van der Waals surface area contributed by atoms with Gasteiger partial charge < -0.3 is 15.0 Å². The molecule has 0 spiro atoms. The van der Waals surface area contributed by atoms with Crippen LogP contribution in [0.25, 0.3) is 0 Å². The van der Waals surface area contributed by atoms with E-state index in [0.29, 0.717) is 12.6 Å². The number of nitrogens with one attached hydrogen (secondary N) is 1. The molecule has 98 valence electrons. The maximum atomic E-state index is 12.1. The third-order valence-electron chi connectivity index (χ3n) is 3.80. The lowest BCUT2D eigenvalue weighted by atomic mass is 9.90. The fourth-order valence-electron chi connectivity index (χ4n) is 2.82. The van der Waals surface area contributed by atoms with Gasteiger partial charge in [0.1, 0.15) is 0 Å². The Balaban J connectivity index is 1.87. The fraction of sp³-hybridized carbons (Fsp3) is 0.923. The fourth-order valence-corrected chi connectivity index (χ4v) is 2.82. The molecule has 1 aliphatic heterocycles. The summed E-state index contributed by atoms with van der Waals surface area (Å²) in [6, 6.07) is 0.428. The van der Waals surface area contributed by atoms with E-state index in [1.807, 2.05) is 4.90 Å². The molecular formula is C13H24N2O2. The Labute approximate surface area is 104 Å². The van der Waals surface area contributed by atoms with Crippen LogP contribution >= 0.6 is 0 Å². The molecule has 4 heteroatoms. The minimum Gasteiger partial charge on any atom is -0.374 e. The number of nitrogens with zero attached hydrogens (tertiary/aromatic N) is 1. The average molecular weight is 240 g/mol. The second kappa shape index (κ2) is 6.24. The average Bonchev–Trinajstić information content (AvgIpc) is 2.38. The van der Waals surface area contributed by atoms with E-state index in [9.17, 15) is 4.79 Å². The zero-order valence-electron chi connectivity index (χ0n) is 10.8. The molecule has 2 fully saturated rings. The molecule has 0 aromatic rings. The molecule has 1 saturated heterocycles. The number of morpholine rings is 1. The first-order chi connectivity index (χ1) is 8.33. The Morgan fingerprint density at radius 1 is 1.41 bits per heavy atom. The molecule has 0 radical (unpaired) electrons. The van der Waals surface area contributed by atoms with Gasteiger partial charge in [-0.25, -0.2) is 4.79 Å². The van der Waals surface area contributed by atoms with Crippen molar-refractivity contribution in [1.29, 1.82) is 0 Å². The number of fused-ring (bicyclic) bond motifs is 1. The van der Waals surface area contributed by atoms with Gasteiger partial charge in [0.05, 0.1) is 18.8 Å². The Morgan fingerprint density at radius 2 is 2.24 bits per heavy atom. The number of urea groups is 1. The Morgan fingerprint density at radius 3 is 3.06 bits per heavy atom.